The fraction of sp³-hybridized carbons (Fsp3) is 0.267. The molecule has 4 rings (SSSR count). The van der Waals surface area contributed by atoms with Gasteiger partial charge in [0.2, 0.25) is 5.91 Å². The molecular formula is C15H14ClN3O2. The van der Waals surface area contributed by atoms with Gasteiger partial charge in [0.15, 0.2) is 0 Å². The van der Waals surface area contributed by atoms with Crippen molar-refractivity contribution in [2.75, 3.05) is 0 Å². The van der Waals surface area contributed by atoms with Crippen LogP contribution in [0.5, 0.6) is 0 Å². The van der Waals surface area contributed by atoms with Crippen molar-refractivity contribution in [3.05, 3.63) is 59.0 Å². The zero-order valence-corrected chi connectivity index (χ0v) is 11.8. The summed E-state index contributed by atoms with van der Waals surface area (Å²) in [5, 5.41) is 3.70. The molecule has 0 bridgehead atoms. The standard InChI is InChI=1S/C15H14ClN3O2/c16-9-5-2-1-4-8(9)12-11-13(10-6-3-7-21-10)18-19-14(11)15(20)17-12/h1-7,11-14,18-19H,(H,17,20). The Bertz CT molecular complexity index is 673. The molecule has 3 heterocycles. The number of benzene rings is 1. The van der Waals surface area contributed by atoms with Crippen LogP contribution in [0.3, 0.4) is 0 Å². The molecule has 1 aromatic carbocycles. The van der Waals surface area contributed by atoms with Crippen LogP contribution in [0.2, 0.25) is 5.02 Å². The van der Waals surface area contributed by atoms with Crippen LogP contribution in [-0.4, -0.2) is 11.9 Å². The summed E-state index contributed by atoms with van der Waals surface area (Å²) in [6.07, 6.45) is 1.64. The van der Waals surface area contributed by atoms with Crippen molar-refractivity contribution in [1.29, 1.82) is 0 Å². The molecule has 108 valence electrons. The monoisotopic (exact) mass is 303 g/mol. The molecule has 2 aromatic rings. The minimum absolute atomic E-state index is 0.00329. The quantitative estimate of drug-likeness (QED) is 0.793. The van der Waals surface area contributed by atoms with E-state index in [1.807, 2.05) is 36.4 Å². The van der Waals surface area contributed by atoms with Crippen molar-refractivity contribution in [2.45, 2.75) is 18.1 Å². The largest absolute Gasteiger partial charge is 0.468 e. The fourth-order valence-electron chi connectivity index (χ4n) is 3.27. The third-order valence-corrected chi connectivity index (χ3v) is 4.56. The van der Waals surface area contributed by atoms with Crippen molar-refractivity contribution in [2.24, 2.45) is 5.92 Å². The average Bonchev–Trinajstić information content (AvgIpc) is 3.18. The summed E-state index contributed by atoms with van der Waals surface area (Å²) in [6.45, 7) is 0. The Morgan fingerprint density at radius 1 is 1.00 bits per heavy atom. The smallest absolute Gasteiger partial charge is 0.239 e. The first-order valence-corrected chi connectivity index (χ1v) is 7.23. The van der Waals surface area contributed by atoms with E-state index in [-0.39, 0.29) is 30.0 Å². The molecule has 0 spiro atoms. The lowest BCUT2D eigenvalue weighted by Crippen LogP contribution is -2.39. The molecule has 5 nitrogen and oxygen atoms in total. The molecule has 2 saturated heterocycles. The molecule has 6 heteroatoms. The molecular weight excluding hydrogens is 290 g/mol. The second kappa shape index (κ2) is 4.87. The summed E-state index contributed by atoms with van der Waals surface area (Å²) in [7, 11) is 0. The van der Waals surface area contributed by atoms with Gasteiger partial charge in [-0.25, -0.2) is 10.9 Å². The molecule has 1 aromatic heterocycles. The predicted octanol–water partition coefficient (Wildman–Crippen LogP) is 1.94. The predicted molar refractivity (Wildman–Crippen MR) is 77.3 cm³/mol. The maximum absolute atomic E-state index is 12.2. The number of hydrogen-bond donors (Lipinski definition) is 3. The number of fused-ring (bicyclic) bond motifs is 1. The summed E-state index contributed by atoms with van der Waals surface area (Å²) in [5.41, 5.74) is 7.16. The Labute approximate surface area is 126 Å². The highest BCUT2D eigenvalue weighted by Gasteiger charge is 2.52. The van der Waals surface area contributed by atoms with Gasteiger partial charge < -0.3 is 9.73 Å². The van der Waals surface area contributed by atoms with Crippen molar-refractivity contribution >= 4 is 17.5 Å². The molecule has 0 radical (unpaired) electrons. The van der Waals surface area contributed by atoms with Gasteiger partial charge in [0, 0.05) is 10.9 Å². The number of rotatable bonds is 2. The van der Waals surface area contributed by atoms with Gasteiger partial charge in [0.05, 0.1) is 18.3 Å². The van der Waals surface area contributed by atoms with E-state index in [4.69, 9.17) is 16.0 Å². The summed E-state index contributed by atoms with van der Waals surface area (Å²) < 4.78 is 5.50. The van der Waals surface area contributed by atoms with E-state index in [9.17, 15) is 4.79 Å². The molecule has 4 atom stereocenters. The van der Waals surface area contributed by atoms with Gasteiger partial charge >= 0.3 is 0 Å². The molecule has 2 fully saturated rings. The zero-order chi connectivity index (χ0) is 14.4. The Balaban J connectivity index is 1.75. The molecule has 1 amide bonds. The van der Waals surface area contributed by atoms with Gasteiger partial charge in [0.25, 0.3) is 0 Å². The van der Waals surface area contributed by atoms with Crippen molar-refractivity contribution in [3.63, 3.8) is 0 Å². The van der Waals surface area contributed by atoms with Crippen LogP contribution < -0.4 is 16.2 Å². The Hall–Kier alpha value is -1.82. The van der Waals surface area contributed by atoms with E-state index in [1.165, 1.54) is 0 Å². The normalized spacial score (nSPS) is 31.2. The number of nitrogens with one attached hydrogen (secondary N) is 3. The van der Waals surface area contributed by atoms with Crippen LogP contribution in [0.1, 0.15) is 23.4 Å². The lowest BCUT2D eigenvalue weighted by Gasteiger charge is -2.23. The minimum atomic E-state index is -0.290. The SMILES string of the molecule is O=C1NC(c2ccccc2Cl)C2C1NNC2c1ccco1. The van der Waals surface area contributed by atoms with Gasteiger partial charge in [-0.3, -0.25) is 4.79 Å². The first-order chi connectivity index (χ1) is 10.3. The van der Waals surface area contributed by atoms with E-state index in [0.29, 0.717) is 5.02 Å². The molecule has 3 N–H and O–H groups in total. The maximum Gasteiger partial charge on any atom is 0.239 e. The molecule has 21 heavy (non-hydrogen) atoms. The van der Waals surface area contributed by atoms with E-state index in [0.717, 1.165) is 11.3 Å². The fourth-order valence-corrected chi connectivity index (χ4v) is 3.52. The minimum Gasteiger partial charge on any atom is -0.468 e. The van der Waals surface area contributed by atoms with Crippen LogP contribution in [-0.2, 0) is 4.79 Å². The number of halogens is 1. The number of hydrogen-bond acceptors (Lipinski definition) is 4. The number of carbonyl (C=O) groups is 1. The second-order valence-corrected chi connectivity index (χ2v) is 5.75. The van der Waals surface area contributed by atoms with Gasteiger partial charge in [-0.05, 0) is 23.8 Å². The summed E-state index contributed by atoms with van der Waals surface area (Å²) >= 11 is 6.30. The van der Waals surface area contributed by atoms with E-state index >= 15 is 0 Å². The zero-order valence-electron chi connectivity index (χ0n) is 11.0. The Morgan fingerprint density at radius 2 is 1.81 bits per heavy atom. The lowest BCUT2D eigenvalue weighted by atomic mass is 9.86. The highest BCUT2D eigenvalue weighted by Crippen LogP contribution is 2.43. The van der Waals surface area contributed by atoms with E-state index < -0.39 is 0 Å². The second-order valence-electron chi connectivity index (χ2n) is 5.34. The third-order valence-electron chi connectivity index (χ3n) is 4.22. The first-order valence-electron chi connectivity index (χ1n) is 6.85. The van der Waals surface area contributed by atoms with Crippen LogP contribution in [0, 0.1) is 5.92 Å². The summed E-state index contributed by atoms with van der Waals surface area (Å²) in [4.78, 5) is 12.2. The number of furan rings is 1. The maximum atomic E-state index is 12.2. The number of carbonyl (C=O) groups excluding carboxylic acids is 1. The van der Waals surface area contributed by atoms with Crippen molar-refractivity contribution < 1.29 is 9.21 Å². The summed E-state index contributed by atoms with van der Waals surface area (Å²) in [5.74, 6) is 0.790. The van der Waals surface area contributed by atoms with E-state index in [1.54, 1.807) is 6.26 Å². The lowest BCUT2D eigenvalue weighted by molar-refractivity contribution is -0.121. The first kappa shape index (κ1) is 12.9. The van der Waals surface area contributed by atoms with Gasteiger partial charge in [-0.2, -0.15) is 0 Å². The third kappa shape index (κ3) is 1.97. The molecule has 0 saturated carbocycles. The van der Waals surface area contributed by atoms with Gasteiger partial charge in [0.1, 0.15) is 11.8 Å². The average molecular weight is 304 g/mol. The van der Waals surface area contributed by atoms with E-state index in [2.05, 4.69) is 16.2 Å². The van der Waals surface area contributed by atoms with Crippen LogP contribution in [0.25, 0.3) is 0 Å². The summed E-state index contributed by atoms with van der Waals surface area (Å²) in [6, 6.07) is 10.8. The van der Waals surface area contributed by atoms with Crippen molar-refractivity contribution in [3.8, 4) is 0 Å². The molecule has 2 aliphatic heterocycles. The van der Waals surface area contributed by atoms with Crippen LogP contribution in [0.4, 0.5) is 0 Å². The Morgan fingerprint density at radius 3 is 2.57 bits per heavy atom. The van der Waals surface area contributed by atoms with Crippen LogP contribution >= 0.6 is 11.6 Å². The Kier molecular flexibility index (Phi) is 2.99. The van der Waals surface area contributed by atoms with Gasteiger partial charge in [-0.1, -0.05) is 29.8 Å². The molecule has 0 aliphatic carbocycles. The van der Waals surface area contributed by atoms with Crippen molar-refractivity contribution in [1.82, 2.24) is 16.2 Å². The molecule has 4 unspecified atom stereocenters. The number of amides is 1. The van der Waals surface area contributed by atoms with Crippen LogP contribution in [0.15, 0.2) is 47.1 Å². The highest BCUT2D eigenvalue weighted by atomic mass is 35.5. The highest BCUT2D eigenvalue weighted by molar-refractivity contribution is 6.31. The number of hydrazine groups is 1. The topological polar surface area (TPSA) is 66.3 Å². The van der Waals surface area contributed by atoms with Gasteiger partial charge in [-0.15, -0.1) is 0 Å². The molecule has 2 aliphatic rings.